The summed E-state index contributed by atoms with van der Waals surface area (Å²) in [7, 11) is 0. The second kappa shape index (κ2) is 8.57. The molecule has 30 heavy (non-hydrogen) atoms. The smallest absolute Gasteiger partial charge is 0.252 e. The number of carbonyl (C=O) groups is 1. The molecule has 0 radical (unpaired) electrons. The third kappa shape index (κ3) is 4.71. The van der Waals surface area contributed by atoms with E-state index in [0.29, 0.717) is 0 Å². The highest BCUT2D eigenvalue weighted by atomic mass is 32.2. The molecule has 0 saturated heterocycles. The minimum atomic E-state index is -0.333. The summed E-state index contributed by atoms with van der Waals surface area (Å²) < 4.78 is 6.17. The second-order valence-corrected chi connectivity index (χ2v) is 9.42. The first-order valence-corrected chi connectivity index (χ1v) is 11.3. The highest BCUT2D eigenvalue weighted by Gasteiger charge is 2.34. The lowest BCUT2D eigenvalue weighted by atomic mass is 9.89. The molecule has 0 aromatic heterocycles. The molecule has 1 atom stereocenters. The van der Waals surface area contributed by atoms with Crippen LogP contribution in [0.2, 0.25) is 0 Å². The van der Waals surface area contributed by atoms with Gasteiger partial charge < -0.3 is 10.1 Å². The van der Waals surface area contributed by atoms with Gasteiger partial charge in [-0.3, -0.25) is 4.79 Å². The van der Waals surface area contributed by atoms with Crippen LogP contribution < -0.4 is 10.1 Å². The van der Waals surface area contributed by atoms with Crippen molar-refractivity contribution in [2.45, 2.75) is 49.5 Å². The van der Waals surface area contributed by atoms with E-state index >= 15 is 0 Å². The maximum absolute atomic E-state index is 13.3. The molecule has 1 N–H and O–H groups in total. The van der Waals surface area contributed by atoms with E-state index in [1.54, 1.807) is 11.8 Å². The molecule has 1 heterocycles. The Labute approximate surface area is 182 Å². The fourth-order valence-corrected chi connectivity index (χ4v) is 4.84. The van der Waals surface area contributed by atoms with Crippen LogP contribution >= 0.6 is 11.8 Å². The summed E-state index contributed by atoms with van der Waals surface area (Å²) in [6, 6.07) is 24.3. The van der Waals surface area contributed by atoms with Crippen molar-refractivity contribution in [1.29, 1.82) is 0 Å². The van der Waals surface area contributed by atoms with Crippen molar-refractivity contribution in [2.75, 3.05) is 0 Å². The number of ether oxygens (including phenoxy) is 1. The molecule has 3 nitrogen and oxygen atoms in total. The Hall–Kier alpha value is -2.72. The first-order valence-electron chi connectivity index (χ1n) is 10.3. The van der Waals surface area contributed by atoms with E-state index in [2.05, 4.69) is 56.4 Å². The summed E-state index contributed by atoms with van der Waals surface area (Å²) in [6.07, 6.45) is 0.730. The van der Waals surface area contributed by atoms with Crippen LogP contribution in [-0.4, -0.2) is 11.5 Å². The first-order chi connectivity index (χ1) is 14.4. The number of amides is 1. The fraction of sp³-hybridized carbons (Fsp3) is 0.269. The number of aryl methyl sites for hydroxylation is 1. The van der Waals surface area contributed by atoms with E-state index in [9.17, 15) is 4.79 Å². The van der Waals surface area contributed by atoms with Gasteiger partial charge in [-0.05, 0) is 50.1 Å². The zero-order valence-corrected chi connectivity index (χ0v) is 18.5. The summed E-state index contributed by atoms with van der Waals surface area (Å²) in [5, 5.41) is 3.27. The van der Waals surface area contributed by atoms with Crippen molar-refractivity contribution < 1.29 is 9.53 Å². The minimum absolute atomic E-state index is 0.0413. The predicted octanol–water partition coefficient (Wildman–Crippen LogP) is 6.32. The Morgan fingerprint density at radius 2 is 1.80 bits per heavy atom. The quantitative estimate of drug-likeness (QED) is 0.494. The van der Waals surface area contributed by atoms with Gasteiger partial charge in [0.25, 0.3) is 5.91 Å². The largest absolute Gasteiger partial charge is 0.487 e. The fourth-order valence-electron chi connectivity index (χ4n) is 3.84. The molecule has 0 saturated carbocycles. The van der Waals surface area contributed by atoms with E-state index in [1.165, 1.54) is 5.56 Å². The maximum Gasteiger partial charge on any atom is 0.252 e. The van der Waals surface area contributed by atoms with Crippen molar-refractivity contribution in [3.05, 3.63) is 95.1 Å². The van der Waals surface area contributed by atoms with Crippen molar-refractivity contribution >= 4 is 17.7 Å². The van der Waals surface area contributed by atoms with Gasteiger partial charge in [-0.1, -0.05) is 54.6 Å². The zero-order valence-electron chi connectivity index (χ0n) is 17.6. The summed E-state index contributed by atoms with van der Waals surface area (Å²) in [6.45, 7) is 6.20. The number of fused-ring (bicyclic) bond motifs is 1. The summed E-state index contributed by atoms with van der Waals surface area (Å²) in [4.78, 5) is 14.3. The van der Waals surface area contributed by atoms with Gasteiger partial charge >= 0.3 is 0 Å². The van der Waals surface area contributed by atoms with E-state index in [0.717, 1.165) is 39.5 Å². The lowest BCUT2D eigenvalue weighted by Crippen LogP contribution is -2.41. The van der Waals surface area contributed by atoms with Crippen LogP contribution in [-0.2, 0) is 5.75 Å². The number of nitrogens with one attached hydrogen (secondary N) is 1. The van der Waals surface area contributed by atoms with E-state index in [-0.39, 0.29) is 17.6 Å². The standard InChI is InChI=1S/C26H27NO2S/c1-18-13-14-20-22(16-26(2,3)29-23(20)15-18)27-25(28)21-11-7-8-12-24(21)30-17-19-9-5-4-6-10-19/h4-15,22H,16-17H2,1-3H3,(H,27,28). The SMILES string of the molecule is Cc1ccc2c(c1)OC(C)(C)CC2NC(=O)c1ccccc1SCc1ccccc1. The summed E-state index contributed by atoms with van der Waals surface area (Å²) in [5.74, 6) is 1.65. The van der Waals surface area contributed by atoms with Crippen molar-refractivity contribution in [2.24, 2.45) is 0 Å². The molecule has 0 aliphatic carbocycles. The summed E-state index contributed by atoms with van der Waals surface area (Å²) in [5.41, 5.74) is 3.83. The Morgan fingerprint density at radius 1 is 1.07 bits per heavy atom. The molecule has 4 heteroatoms. The number of thioether (sulfide) groups is 1. The van der Waals surface area contributed by atoms with Gasteiger partial charge in [0.2, 0.25) is 0 Å². The monoisotopic (exact) mass is 417 g/mol. The summed E-state index contributed by atoms with van der Waals surface area (Å²) >= 11 is 1.69. The molecule has 0 spiro atoms. The average molecular weight is 418 g/mol. The molecule has 0 fully saturated rings. The lowest BCUT2D eigenvalue weighted by molar-refractivity contribution is 0.0618. The van der Waals surface area contributed by atoms with Crippen LogP contribution in [0.3, 0.4) is 0 Å². The Morgan fingerprint density at radius 3 is 2.60 bits per heavy atom. The third-order valence-electron chi connectivity index (χ3n) is 5.30. The van der Waals surface area contributed by atoms with E-state index in [4.69, 9.17) is 4.74 Å². The zero-order chi connectivity index (χ0) is 21.1. The van der Waals surface area contributed by atoms with Crippen LogP contribution in [0.4, 0.5) is 0 Å². The second-order valence-electron chi connectivity index (χ2n) is 8.40. The Balaban J connectivity index is 1.55. The predicted molar refractivity (Wildman–Crippen MR) is 123 cm³/mol. The third-order valence-corrected chi connectivity index (χ3v) is 6.45. The minimum Gasteiger partial charge on any atom is -0.487 e. The van der Waals surface area contributed by atoms with Crippen molar-refractivity contribution in [1.82, 2.24) is 5.32 Å². The number of benzene rings is 3. The van der Waals surface area contributed by atoms with E-state index in [1.807, 2.05) is 42.5 Å². The maximum atomic E-state index is 13.3. The molecular formula is C26H27NO2S. The van der Waals surface area contributed by atoms with Gasteiger partial charge in [0, 0.05) is 22.6 Å². The van der Waals surface area contributed by atoms with Gasteiger partial charge in [0.05, 0.1) is 11.6 Å². The van der Waals surface area contributed by atoms with Crippen molar-refractivity contribution in [3.63, 3.8) is 0 Å². The van der Waals surface area contributed by atoms with Gasteiger partial charge in [-0.2, -0.15) is 0 Å². The molecule has 4 rings (SSSR count). The Kier molecular flexibility index (Phi) is 5.87. The van der Waals surface area contributed by atoms with Gasteiger partial charge in [-0.25, -0.2) is 0 Å². The molecule has 1 unspecified atom stereocenters. The molecule has 3 aromatic rings. The number of carbonyl (C=O) groups excluding carboxylic acids is 1. The van der Waals surface area contributed by atoms with Crippen LogP contribution in [0.1, 0.15) is 53.4 Å². The highest BCUT2D eigenvalue weighted by Crippen LogP contribution is 2.40. The lowest BCUT2D eigenvalue weighted by Gasteiger charge is -2.38. The van der Waals surface area contributed by atoms with Crippen LogP contribution in [0.15, 0.2) is 77.7 Å². The van der Waals surface area contributed by atoms with Crippen LogP contribution in [0, 0.1) is 6.92 Å². The normalized spacial score (nSPS) is 17.0. The molecule has 1 aliphatic heterocycles. The molecule has 1 amide bonds. The molecular weight excluding hydrogens is 390 g/mol. The van der Waals surface area contributed by atoms with E-state index < -0.39 is 0 Å². The first kappa shape index (κ1) is 20.5. The number of rotatable bonds is 5. The number of hydrogen-bond donors (Lipinski definition) is 1. The van der Waals surface area contributed by atoms with Gasteiger partial charge in [-0.15, -0.1) is 11.8 Å². The van der Waals surface area contributed by atoms with Crippen LogP contribution in [0.5, 0.6) is 5.75 Å². The van der Waals surface area contributed by atoms with Crippen molar-refractivity contribution in [3.8, 4) is 5.75 Å². The number of hydrogen-bond acceptors (Lipinski definition) is 3. The molecule has 3 aromatic carbocycles. The highest BCUT2D eigenvalue weighted by molar-refractivity contribution is 7.98. The molecule has 1 aliphatic rings. The van der Waals surface area contributed by atoms with Gasteiger partial charge in [0.15, 0.2) is 0 Å². The van der Waals surface area contributed by atoms with Gasteiger partial charge in [0.1, 0.15) is 11.4 Å². The Bertz CT molecular complexity index is 1050. The molecule has 0 bridgehead atoms. The average Bonchev–Trinajstić information content (AvgIpc) is 2.72. The van der Waals surface area contributed by atoms with Crippen LogP contribution in [0.25, 0.3) is 0 Å². The molecule has 154 valence electrons. The topological polar surface area (TPSA) is 38.3 Å².